The summed E-state index contributed by atoms with van der Waals surface area (Å²) in [4.78, 5) is 34.2. The summed E-state index contributed by atoms with van der Waals surface area (Å²) in [5.74, 6) is -0.311. The fraction of sp³-hybridized carbons (Fsp3) is 0.344. The van der Waals surface area contributed by atoms with Crippen molar-refractivity contribution in [2.45, 2.75) is 70.5 Å². The summed E-state index contributed by atoms with van der Waals surface area (Å²) in [7, 11) is 0. The highest BCUT2D eigenvalue weighted by Gasteiger charge is 2.38. The molecule has 0 spiro atoms. The van der Waals surface area contributed by atoms with Gasteiger partial charge < -0.3 is 14.5 Å². The van der Waals surface area contributed by atoms with Gasteiger partial charge in [-0.05, 0) is 55.5 Å². The molecule has 0 unspecified atom stereocenters. The van der Waals surface area contributed by atoms with E-state index >= 15 is 0 Å². The minimum atomic E-state index is -0.742. The number of hydrogen-bond acceptors (Lipinski definition) is 5. The van der Waals surface area contributed by atoms with Gasteiger partial charge in [0.2, 0.25) is 5.75 Å². The van der Waals surface area contributed by atoms with E-state index in [9.17, 15) is 9.59 Å². The lowest BCUT2D eigenvalue weighted by atomic mass is 9.74. The summed E-state index contributed by atoms with van der Waals surface area (Å²) in [6, 6.07) is 24.3. The summed E-state index contributed by atoms with van der Waals surface area (Å²) in [5.41, 5.74) is 0.659. The number of nitrogens with zero attached hydrogens (tertiary/aromatic N) is 1. The second-order valence-corrected chi connectivity index (χ2v) is 11.2. The van der Waals surface area contributed by atoms with E-state index in [2.05, 4.69) is 46.4 Å². The van der Waals surface area contributed by atoms with E-state index in [1.54, 1.807) is 20.8 Å². The van der Waals surface area contributed by atoms with Crippen LogP contribution in [0.1, 0.15) is 73.9 Å². The second-order valence-electron chi connectivity index (χ2n) is 11.2. The van der Waals surface area contributed by atoms with Gasteiger partial charge in [0, 0.05) is 11.8 Å². The number of hydrogen-bond donors (Lipinski definition) is 1. The van der Waals surface area contributed by atoms with Crippen molar-refractivity contribution in [1.82, 2.24) is 9.97 Å². The number of rotatable bonds is 7. The van der Waals surface area contributed by atoms with Crippen LogP contribution in [0.25, 0.3) is 10.8 Å². The number of carbonyl (C=O) groups excluding carboxylic acids is 1. The van der Waals surface area contributed by atoms with Gasteiger partial charge in [0.25, 0.3) is 5.56 Å². The van der Waals surface area contributed by atoms with E-state index < -0.39 is 17.1 Å². The number of aromatic nitrogens is 2. The highest BCUT2D eigenvalue weighted by atomic mass is 16.6. The maximum atomic E-state index is 13.4. The first-order valence-electron chi connectivity index (χ1n) is 13.3. The van der Waals surface area contributed by atoms with E-state index in [0.717, 1.165) is 31.2 Å². The average Bonchev–Trinajstić information content (AvgIpc) is 3.36. The average molecular weight is 511 g/mol. The van der Waals surface area contributed by atoms with Crippen LogP contribution < -0.4 is 10.3 Å². The smallest absolute Gasteiger partial charge is 0.361 e. The van der Waals surface area contributed by atoms with Crippen LogP contribution in [0.15, 0.2) is 77.6 Å². The molecule has 6 nitrogen and oxygen atoms in total. The molecule has 6 heteroatoms. The monoisotopic (exact) mass is 510 g/mol. The van der Waals surface area contributed by atoms with Crippen molar-refractivity contribution in [1.29, 1.82) is 0 Å². The van der Waals surface area contributed by atoms with Crippen LogP contribution in [0.3, 0.4) is 0 Å². The molecule has 1 aliphatic carbocycles. The van der Waals surface area contributed by atoms with E-state index in [4.69, 9.17) is 9.47 Å². The van der Waals surface area contributed by atoms with Crippen molar-refractivity contribution in [3.05, 3.63) is 106 Å². The molecule has 1 saturated carbocycles. The van der Waals surface area contributed by atoms with Crippen LogP contribution in [0, 0.1) is 0 Å². The molecule has 0 bridgehead atoms. The number of fused-ring (bicyclic) bond motifs is 1. The van der Waals surface area contributed by atoms with Crippen molar-refractivity contribution in [3.63, 3.8) is 0 Å². The molecule has 0 aliphatic heterocycles. The quantitative estimate of drug-likeness (QED) is 0.287. The standard InChI is InChI=1S/C32H34N2O4/c1-31(2,3)38-30(36)27-28(37-21-22-12-5-4-6-13-22)29(35)34-26(33-27)20-32(18-9-10-19-32)25-17-11-15-23-14-7-8-16-24(23)25/h4-8,11-17H,9-10,18-21H2,1-3H3,(H,33,34,35). The van der Waals surface area contributed by atoms with Crippen LogP contribution in [0.4, 0.5) is 0 Å². The Balaban J connectivity index is 1.55. The largest absolute Gasteiger partial charge is 0.481 e. The maximum Gasteiger partial charge on any atom is 0.361 e. The van der Waals surface area contributed by atoms with Crippen molar-refractivity contribution >= 4 is 16.7 Å². The SMILES string of the molecule is CC(C)(C)OC(=O)c1nc(CC2(c3cccc4ccccc34)CCCC2)[nH]c(=O)c1OCc1ccccc1. The Bertz CT molecular complexity index is 1490. The maximum absolute atomic E-state index is 13.4. The van der Waals surface area contributed by atoms with Gasteiger partial charge in [0.15, 0.2) is 5.69 Å². The summed E-state index contributed by atoms with van der Waals surface area (Å²) < 4.78 is 11.5. The Morgan fingerprint density at radius 1 is 0.947 bits per heavy atom. The molecule has 196 valence electrons. The van der Waals surface area contributed by atoms with Gasteiger partial charge in [-0.1, -0.05) is 85.6 Å². The summed E-state index contributed by atoms with van der Waals surface area (Å²) in [5, 5.41) is 2.41. The Hall–Kier alpha value is -3.93. The zero-order chi connectivity index (χ0) is 26.8. The zero-order valence-electron chi connectivity index (χ0n) is 22.3. The minimum Gasteiger partial charge on any atom is -0.481 e. The predicted octanol–water partition coefficient (Wildman–Crippen LogP) is 6.51. The number of aromatic amines is 1. The summed E-state index contributed by atoms with van der Waals surface area (Å²) in [6.45, 7) is 5.51. The predicted molar refractivity (Wildman–Crippen MR) is 149 cm³/mol. The first-order valence-corrected chi connectivity index (χ1v) is 13.3. The number of ether oxygens (including phenoxy) is 2. The molecule has 1 aromatic heterocycles. The van der Waals surface area contributed by atoms with Crippen LogP contribution in [-0.2, 0) is 23.2 Å². The molecule has 0 amide bonds. The van der Waals surface area contributed by atoms with Crippen LogP contribution in [-0.4, -0.2) is 21.5 Å². The lowest BCUT2D eigenvalue weighted by molar-refractivity contribution is 0.00571. The molecular weight excluding hydrogens is 476 g/mol. The van der Waals surface area contributed by atoms with E-state index in [-0.39, 0.29) is 23.5 Å². The molecule has 1 aliphatic rings. The molecule has 0 saturated heterocycles. The molecule has 1 heterocycles. The molecule has 0 radical (unpaired) electrons. The fourth-order valence-electron chi connectivity index (χ4n) is 5.52. The van der Waals surface area contributed by atoms with Gasteiger partial charge in [-0.15, -0.1) is 0 Å². The van der Waals surface area contributed by atoms with E-state index in [1.165, 1.54) is 16.3 Å². The van der Waals surface area contributed by atoms with Gasteiger partial charge in [0.1, 0.15) is 18.0 Å². The molecule has 3 aromatic carbocycles. The molecule has 4 aromatic rings. The summed E-state index contributed by atoms with van der Waals surface area (Å²) >= 11 is 0. The first kappa shape index (κ1) is 25.7. The highest BCUT2D eigenvalue weighted by Crippen LogP contribution is 2.45. The van der Waals surface area contributed by atoms with Gasteiger partial charge in [-0.3, -0.25) is 4.79 Å². The third-order valence-corrected chi connectivity index (χ3v) is 7.17. The number of H-pyrrole nitrogens is 1. The first-order chi connectivity index (χ1) is 18.2. The van der Waals surface area contributed by atoms with E-state index in [0.29, 0.717) is 12.2 Å². The third-order valence-electron chi connectivity index (χ3n) is 7.17. The lowest BCUT2D eigenvalue weighted by Gasteiger charge is -2.31. The van der Waals surface area contributed by atoms with Crippen LogP contribution in [0.2, 0.25) is 0 Å². The lowest BCUT2D eigenvalue weighted by Crippen LogP contribution is -2.31. The van der Waals surface area contributed by atoms with Crippen molar-refractivity contribution in [2.75, 3.05) is 0 Å². The number of benzene rings is 3. The molecule has 0 atom stereocenters. The third kappa shape index (κ3) is 5.49. The number of nitrogens with one attached hydrogen (secondary N) is 1. The van der Waals surface area contributed by atoms with Crippen LogP contribution >= 0.6 is 0 Å². The molecule has 5 rings (SSSR count). The topological polar surface area (TPSA) is 81.3 Å². The number of carbonyl (C=O) groups is 1. The Morgan fingerprint density at radius 3 is 2.37 bits per heavy atom. The normalized spacial score (nSPS) is 14.9. The van der Waals surface area contributed by atoms with Gasteiger partial charge in [0.05, 0.1) is 0 Å². The van der Waals surface area contributed by atoms with E-state index in [1.807, 2.05) is 36.4 Å². The Morgan fingerprint density at radius 2 is 1.63 bits per heavy atom. The van der Waals surface area contributed by atoms with Crippen molar-refractivity contribution in [3.8, 4) is 5.75 Å². The Labute approximate surface area is 223 Å². The van der Waals surface area contributed by atoms with Gasteiger partial charge >= 0.3 is 5.97 Å². The van der Waals surface area contributed by atoms with Gasteiger partial charge in [-0.2, -0.15) is 0 Å². The molecule has 1 fully saturated rings. The van der Waals surface area contributed by atoms with Crippen LogP contribution in [0.5, 0.6) is 5.75 Å². The van der Waals surface area contributed by atoms with Crippen molar-refractivity contribution < 1.29 is 14.3 Å². The summed E-state index contributed by atoms with van der Waals surface area (Å²) in [6.07, 6.45) is 4.69. The molecule has 1 N–H and O–H groups in total. The highest BCUT2D eigenvalue weighted by molar-refractivity contribution is 5.90. The second kappa shape index (κ2) is 10.4. The number of esters is 1. The molecule has 38 heavy (non-hydrogen) atoms. The van der Waals surface area contributed by atoms with Crippen molar-refractivity contribution in [2.24, 2.45) is 0 Å². The fourth-order valence-corrected chi connectivity index (χ4v) is 5.52. The Kier molecular flexibility index (Phi) is 7.06. The molecular formula is C32H34N2O4. The van der Waals surface area contributed by atoms with Gasteiger partial charge in [-0.25, -0.2) is 9.78 Å². The minimum absolute atomic E-state index is 0.0827. The zero-order valence-corrected chi connectivity index (χ0v) is 22.3.